The van der Waals surface area contributed by atoms with Crippen LogP contribution in [0, 0.1) is 0 Å². The zero-order chi connectivity index (χ0) is 32.3. The lowest BCUT2D eigenvalue weighted by Crippen LogP contribution is -2.44. The Hall–Kier alpha value is -4.59. The van der Waals surface area contributed by atoms with Crippen molar-refractivity contribution in [2.24, 2.45) is 0 Å². The van der Waals surface area contributed by atoms with E-state index in [1.54, 1.807) is 0 Å². The first-order chi connectivity index (χ1) is 21.2. The lowest BCUT2D eigenvalue weighted by molar-refractivity contribution is -0.192. The number of nitrogens with zero attached hydrogens (tertiary/aromatic N) is 3. The molecule has 3 aromatic carbocycles. The summed E-state index contributed by atoms with van der Waals surface area (Å²) in [6, 6.07) is 17.9. The Morgan fingerprint density at radius 3 is 2.24 bits per heavy atom. The van der Waals surface area contributed by atoms with E-state index >= 15 is 0 Å². The van der Waals surface area contributed by atoms with Crippen LogP contribution in [-0.2, 0) is 21.2 Å². The molecule has 0 bridgehead atoms. The number of H-pyrrole nitrogens is 1. The number of piperazine rings is 1. The molecule has 4 aromatic rings. The normalized spacial score (nSPS) is 21.4. The van der Waals surface area contributed by atoms with Gasteiger partial charge < -0.3 is 20.2 Å². The van der Waals surface area contributed by atoms with E-state index in [1.165, 1.54) is 11.8 Å². The molecule has 1 aliphatic carbocycles. The number of likely N-dealkylation sites (N-methyl/N-ethyl adjacent to an activating group) is 1. The maximum Gasteiger partial charge on any atom is 0.490 e. The van der Waals surface area contributed by atoms with Crippen LogP contribution in [0.2, 0.25) is 0 Å². The number of benzene rings is 3. The molecule has 0 radical (unpaired) electrons. The molecule has 45 heavy (non-hydrogen) atoms. The van der Waals surface area contributed by atoms with Gasteiger partial charge in [0.25, 0.3) is 0 Å². The minimum atomic E-state index is -5.08. The van der Waals surface area contributed by atoms with Gasteiger partial charge in [-0.2, -0.15) is 31.4 Å². The highest BCUT2D eigenvalue weighted by atomic mass is 19.4. The van der Waals surface area contributed by atoms with E-state index in [9.17, 15) is 31.1 Å². The van der Waals surface area contributed by atoms with Gasteiger partial charge in [-0.05, 0) is 61.0 Å². The molecular formula is C31H27F6N5O3. The molecule has 14 heteroatoms. The lowest BCUT2D eigenvalue weighted by Gasteiger charge is -2.34. The number of fused-ring (bicyclic) bond motifs is 3. The van der Waals surface area contributed by atoms with Gasteiger partial charge in [0, 0.05) is 54.4 Å². The number of halogens is 6. The van der Waals surface area contributed by atoms with Crippen molar-refractivity contribution in [3.8, 4) is 11.3 Å². The zero-order valence-electron chi connectivity index (χ0n) is 23.8. The summed E-state index contributed by atoms with van der Waals surface area (Å²) in [4.78, 5) is 26.6. The molecule has 0 unspecified atom stereocenters. The molecule has 2 fully saturated rings. The molecule has 7 rings (SSSR count). The minimum absolute atomic E-state index is 0.189. The molecule has 1 saturated heterocycles. The third-order valence-electron chi connectivity index (χ3n) is 8.68. The van der Waals surface area contributed by atoms with Crippen molar-refractivity contribution >= 4 is 34.2 Å². The fraction of sp³-hybridized carbons (Fsp3) is 0.323. The number of carbonyl (C=O) groups is 2. The van der Waals surface area contributed by atoms with Crippen LogP contribution in [0.25, 0.3) is 22.2 Å². The molecule has 236 valence electrons. The van der Waals surface area contributed by atoms with E-state index in [2.05, 4.69) is 56.6 Å². The highest BCUT2D eigenvalue weighted by Crippen LogP contribution is 2.65. The average Bonchev–Trinajstić information content (AvgIpc) is 3.51. The smallest absolute Gasteiger partial charge is 0.475 e. The number of hydrogen-bond acceptors (Lipinski definition) is 5. The van der Waals surface area contributed by atoms with Gasteiger partial charge in [-0.1, -0.05) is 24.3 Å². The number of amides is 1. The highest BCUT2D eigenvalue weighted by Gasteiger charge is 2.65. The Labute approximate surface area is 252 Å². The summed E-state index contributed by atoms with van der Waals surface area (Å²) in [5.74, 6) is -3.18. The largest absolute Gasteiger partial charge is 0.490 e. The van der Waals surface area contributed by atoms with Crippen molar-refractivity contribution in [1.29, 1.82) is 0 Å². The molecule has 1 saturated carbocycles. The predicted octanol–water partition coefficient (Wildman–Crippen LogP) is 6.01. The van der Waals surface area contributed by atoms with Gasteiger partial charge in [0.2, 0.25) is 5.91 Å². The average molecular weight is 632 g/mol. The molecule has 3 heterocycles. The molecule has 2 aliphatic heterocycles. The summed E-state index contributed by atoms with van der Waals surface area (Å²) in [6.45, 7) is 4.11. The number of aromatic nitrogens is 2. The van der Waals surface area contributed by atoms with Crippen molar-refractivity contribution in [2.75, 3.05) is 43.4 Å². The fourth-order valence-electron chi connectivity index (χ4n) is 6.14. The maximum absolute atomic E-state index is 13.4. The zero-order valence-corrected chi connectivity index (χ0v) is 23.8. The number of carboxylic acids is 1. The number of hydrogen-bond donors (Lipinski definition) is 3. The second-order valence-corrected chi connectivity index (χ2v) is 11.5. The standard InChI is InChI=1S/C29H26F3N5O.C2HF3O2/c1-36-10-12-37(13-11-36)20-6-2-17(3-7-20)26-21-8-4-18(14-25(21)34-35-26)23-16-28(23)22-15-19(29(30,31)32)5-9-24(22)33-27(28)38;3-2(4,5)1(6)7/h2-9,14-15,23H,10-13,16H2,1H3,(H,33,38)(H,34,35);(H,6,7)/t23-,28-;/m0./s1. The molecule has 1 spiro atoms. The van der Waals surface area contributed by atoms with Gasteiger partial charge in [0.1, 0.15) is 0 Å². The van der Waals surface area contributed by atoms with Crippen LogP contribution in [0.4, 0.5) is 37.7 Å². The van der Waals surface area contributed by atoms with Gasteiger partial charge in [0.05, 0.1) is 22.2 Å². The van der Waals surface area contributed by atoms with E-state index < -0.39 is 29.3 Å². The van der Waals surface area contributed by atoms with Crippen molar-refractivity contribution in [1.82, 2.24) is 15.1 Å². The molecule has 1 amide bonds. The Balaban J connectivity index is 0.000000460. The third kappa shape index (κ3) is 5.58. The third-order valence-corrected chi connectivity index (χ3v) is 8.68. The molecule has 1 aromatic heterocycles. The van der Waals surface area contributed by atoms with Crippen LogP contribution < -0.4 is 10.2 Å². The Kier molecular flexibility index (Phi) is 7.30. The van der Waals surface area contributed by atoms with Crippen LogP contribution in [0.3, 0.4) is 0 Å². The summed E-state index contributed by atoms with van der Waals surface area (Å²) < 4.78 is 71.9. The summed E-state index contributed by atoms with van der Waals surface area (Å²) in [5.41, 5.74) is 4.03. The summed E-state index contributed by atoms with van der Waals surface area (Å²) in [7, 11) is 2.14. The first-order valence-electron chi connectivity index (χ1n) is 14.0. The first kappa shape index (κ1) is 30.4. The lowest BCUT2D eigenvalue weighted by atomic mass is 9.90. The SMILES string of the molecule is CN1CCN(c2ccc(-c3n[nH]c4cc([C@@H]5C[C@@]56C(=O)Nc5ccc(C(F)(F)F)cc56)ccc34)cc2)CC1.O=C(O)C(F)(F)F. The first-order valence-corrected chi connectivity index (χ1v) is 14.0. The number of aromatic amines is 1. The highest BCUT2D eigenvalue weighted by molar-refractivity contribution is 6.10. The Morgan fingerprint density at radius 1 is 0.956 bits per heavy atom. The van der Waals surface area contributed by atoms with Crippen LogP contribution >= 0.6 is 0 Å². The summed E-state index contributed by atoms with van der Waals surface area (Å²) in [6.07, 6.45) is -9.06. The molecular weight excluding hydrogens is 604 g/mol. The second kappa shape index (κ2) is 10.8. The van der Waals surface area contributed by atoms with Crippen LogP contribution in [0.15, 0.2) is 60.7 Å². The van der Waals surface area contributed by atoms with E-state index in [4.69, 9.17) is 9.90 Å². The number of rotatable bonds is 3. The van der Waals surface area contributed by atoms with Crippen molar-refractivity contribution < 1.29 is 41.0 Å². The number of carboxylic acid groups (broad SMARTS) is 1. The molecule has 2 atom stereocenters. The van der Waals surface area contributed by atoms with Gasteiger partial charge in [-0.25, -0.2) is 4.79 Å². The van der Waals surface area contributed by atoms with E-state index in [0.29, 0.717) is 17.7 Å². The molecule has 3 N–H and O–H groups in total. The van der Waals surface area contributed by atoms with Crippen molar-refractivity contribution in [3.05, 3.63) is 77.4 Å². The quantitative estimate of drug-likeness (QED) is 0.240. The monoisotopic (exact) mass is 631 g/mol. The number of anilines is 2. The van der Waals surface area contributed by atoms with Crippen molar-refractivity contribution in [2.45, 2.75) is 30.1 Å². The molecule has 3 aliphatic rings. The van der Waals surface area contributed by atoms with E-state index in [1.807, 2.05) is 18.2 Å². The van der Waals surface area contributed by atoms with Gasteiger partial charge >= 0.3 is 18.3 Å². The number of carbonyl (C=O) groups excluding carboxylic acids is 1. The fourth-order valence-corrected chi connectivity index (χ4v) is 6.14. The Morgan fingerprint density at radius 2 is 1.62 bits per heavy atom. The number of alkyl halides is 6. The topological polar surface area (TPSA) is 102 Å². The summed E-state index contributed by atoms with van der Waals surface area (Å²) >= 11 is 0. The predicted molar refractivity (Wildman–Crippen MR) is 154 cm³/mol. The minimum Gasteiger partial charge on any atom is -0.475 e. The van der Waals surface area contributed by atoms with Gasteiger partial charge in [0.15, 0.2) is 0 Å². The number of aliphatic carboxylic acids is 1. The maximum atomic E-state index is 13.4. The molecule has 8 nitrogen and oxygen atoms in total. The van der Waals surface area contributed by atoms with E-state index in [-0.39, 0.29) is 11.8 Å². The number of nitrogens with one attached hydrogen (secondary N) is 2. The Bertz CT molecular complexity index is 1780. The van der Waals surface area contributed by atoms with Crippen LogP contribution in [0.1, 0.15) is 29.0 Å². The second-order valence-electron chi connectivity index (χ2n) is 11.5. The van der Waals surface area contributed by atoms with Gasteiger partial charge in [-0.15, -0.1) is 0 Å². The van der Waals surface area contributed by atoms with Crippen LogP contribution in [0.5, 0.6) is 0 Å². The van der Waals surface area contributed by atoms with Gasteiger partial charge in [-0.3, -0.25) is 9.89 Å². The van der Waals surface area contributed by atoms with Crippen LogP contribution in [-0.4, -0.2) is 71.5 Å². The van der Waals surface area contributed by atoms with Crippen molar-refractivity contribution in [3.63, 3.8) is 0 Å². The van der Waals surface area contributed by atoms with E-state index in [0.717, 1.165) is 66.0 Å². The summed E-state index contributed by atoms with van der Waals surface area (Å²) in [5, 5.41) is 18.6.